The Hall–Kier alpha value is -1.58. The molecule has 20 heavy (non-hydrogen) atoms. The van der Waals surface area contributed by atoms with Crippen molar-refractivity contribution in [3.8, 4) is 5.75 Å². The first-order valence-electron chi connectivity index (χ1n) is 6.87. The Balaban J connectivity index is 1.85. The number of nitrogens with one attached hydrogen (secondary N) is 1. The normalized spacial score (nSPS) is 14.4. The summed E-state index contributed by atoms with van der Waals surface area (Å²) in [6, 6.07) is 7.96. The second kappa shape index (κ2) is 6.25. The van der Waals surface area contributed by atoms with Crippen LogP contribution in [0.1, 0.15) is 16.7 Å². The standard InChI is InChI=1S/C16H17ClN2O/c17-15-4-3-13-5-8-18-9-6-14(13)16(15)20-11-12-2-1-7-19-10-12/h1-4,7,10,18H,5-6,8-9,11H2. The number of ether oxygens (including phenoxy) is 1. The highest BCUT2D eigenvalue weighted by Gasteiger charge is 2.16. The van der Waals surface area contributed by atoms with Crippen LogP contribution in [0.2, 0.25) is 5.02 Å². The molecule has 3 rings (SSSR count). The first-order chi connectivity index (χ1) is 9.84. The molecule has 1 aliphatic rings. The molecule has 2 heterocycles. The highest BCUT2D eigenvalue weighted by Crippen LogP contribution is 2.33. The first kappa shape index (κ1) is 13.4. The van der Waals surface area contributed by atoms with Gasteiger partial charge in [0, 0.05) is 23.5 Å². The molecule has 104 valence electrons. The Bertz CT molecular complexity index is 587. The minimum Gasteiger partial charge on any atom is -0.487 e. The van der Waals surface area contributed by atoms with E-state index >= 15 is 0 Å². The topological polar surface area (TPSA) is 34.1 Å². The van der Waals surface area contributed by atoms with Crippen molar-refractivity contribution in [1.82, 2.24) is 10.3 Å². The summed E-state index contributed by atoms with van der Waals surface area (Å²) < 4.78 is 5.98. The highest BCUT2D eigenvalue weighted by molar-refractivity contribution is 6.32. The molecule has 0 saturated carbocycles. The quantitative estimate of drug-likeness (QED) is 0.943. The average Bonchev–Trinajstić information content (AvgIpc) is 2.73. The van der Waals surface area contributed by atoms with Crippen molar-refractivity contribution in [1.29, 1.82) is 0 Å². The Morgan fingerprint density at radius 2 is 2.10 bits per heavy atom. The summed E-state index contributed by atoms with van der Waals surface area (Å²) in [5.74, 6) is 0.830. The molecule has 0 fully saturated rings. The van der Waals surface area contributed by atoms with E-state index in [9.17, 15) is 0 Å². The lowest BCUT2D eigenvalue weighted by Gasteiger charge is -2.15. The van der Waals surface area contributed by atoms with Crippen LogP contribution in [0.25, 0.3) is 0 Å². The zero-order valence-corrected chi connectivity index (χ0v) is 12.0. The molecule has 0 amide bonds. The molecule has 3 nitrogen and oxygen atoms in total. The molecule has 0 radical (unpaired) electrons. The number of halogens is 1. The highest BCUT2D eigenvalue weighted by atomic mass is 35.5. The molecule has 1 N–H and O–H groups in total. The Morgan fingerprint density at radius 3 is 2.95 bits per heavy atom. The number of benzene rings is 1. The fourth-order valence-corrected chi connectivity index (χ4v) is 2.74. The zero-order chi connectivity index (χ0) is 13.8. The maximum Gasteiger partial charge on any atom is 0.141 e. The van der Waals surface area contributed by atoms with E-state index in [0.29, 0.717) is 11.6 Å². The van der Waals surface area contributed by atoms with Gasteiger partial charge >= 0.3 is 0 Å². The van der Waals surface area contributed by atoms with Crippen LogP contribution in [0.15, 0.2) is 36.7 Å². The van der Waals surface area contributed by atoms with E-state index in [0.717, 1.165) is 37.2 Å². The van der Waals surface area contributed by atoms with E-state index < -0.39 is 0 Å². The van der Waals surface area contributed by atoms with Gasteiger partial charge in [0.15, 0.2) is 0 Å². The van der Waals surface area contributed by atoms with E-state index in [4.69, 9.17) is 16.3 Å². The third kappa shape index (κ3) is 2.94. The lowest BCUT2D eigenvalue weighted by molar-refractivity contribution is 0.302. The molecule has 4 heteroatoms. The molecular formula is C16H17ClN2O. The fourth-order valence-electron chi connectivity index (χ4n) is 2.50. The third-order valence-corrected chi connectivity index (χ3v) is 3.84. The van der Waals surface area contributed by atoms with E-state index in [1.807, 2.05) is 24.4 Å². The predicted octanol–water partition coefficient (Wildman–Crippen LogP) is 3.00. The molecule has 1 aromatic carbocycles. The van der Waals surface area contributed by atoms with Crippen molar-refractivity contribution in [3.63, 3.8) is 0 Å². The Kier molecular flexibility index (Phi) is 4.19. The molecule has 0 aliphatic carbocycles. The summed E-state index contributed by atoms with van der Waals surface area (Å²) in [6.45, 7) is 2.48. The molecule has 0 atom stereocenters. The molecule has 0 bridgehead atoms. The van der Waals surface area contributed by atoms with Gasteiger partial charge < -0.3 is 10.1 Å². The monoisotopic (exact) mass is 288 g/mol. The number of nitrogens with zero attached hydrogens (tertiary/aromatic N) is 1. The second-order valence-corrected chi connectivity index (χ2v) is 5.32. The van der Waals surface area contributed by atoms with Crippen molar-refractivity contribution in [2.24, 2.45) is 0 Å². The summed E-state index contributed by atoms with van der Waals surface area (Å²) in [4.78, 5) is 4.10. The minimum atomic E-state index is 0.497. The summed E-state index contributed by atoms with van der Waals surface area (Å²) in [7, 11) is 0. The van der Waals surface area contributed by atoms with Crippen molar-refractivity contribution in [3.05, 3.63) is 58.4 Å². The van der Waals surface area contributed by atoms with Crippen molar-refractivity contribution < 1.29 is 4.74 Å². The first-order valence-corrected chi connectivity index (χ1v) is 7.25. The van der Waals surface area contributed by atoms with Gasteiger partial charge in [-0.15, -0.1) is 0 Å². The van der Waals surface area contributed by atoms with Crippen molar-refractivity contribution in [2.75, 3.05) is 13.1 Å². The average molecular weight is 289 g/mol. The largest absolute Gasteiger partial charge is 0.487 e. The van der Waals surface area contributed by atoms with Crippen LogP contribution >= 0.6 is 11.6 Å². The molecule has 0 unspecified atom stereocenters. The summed E-state index contributed by atoms with van der Waals surface area (Å²) in [5, 5.41) is 4.10. The summed E-state index contributed by atoms with van der Waals surface area (Å²) in [5.41, 5.74) is 3.62. The van der Waals surface area contributed by atoms with Gasteiger partial charge in [0.25, 0.3) is 0 Å². The predicted molar refractivity (Wildman–Crippen MR) is 80.3 cm³/mol. The molecule has 1 aliphatic heterocycles. The number of hydrogen-bond donors (Lipinski definition) is 1. The molecule has 2 aromatic rings. The number of rotatable bonds is 3. The van der Waals surface area contributed by atoms with Gasteiger partial charge in [-0.3, -0.25) is 4.98 Å². The van der Waals surface area contributed by atoms with Gasteiger partial charge in [0.1, 0.15) is 12.4 Å². The maximum atomic E-state index is 6.32. The lowest BCUT2D eigenvalue weighted by Crippen LogP contribution is -2.16. The van der Waals surface area contributed by atoms with Crippen molar-refractivity contribution in [2.45, 2.75) is 19.4 Å². The Morgan fingerprint density at radius 1 is 1.20 bits per heavy atom. The number of pyridine rings is 1. The molecule has 0 spiro atoms. The third-order valence-electron chi connectivity index (χ3n) is 3.54. The van der Waals surface area contributed by atoms with Crippen LogP contribution in [0, 0.1) is 0 Å². The van der Waals surface area contributed by atoms with Crippen LogP contribution in [-0.4, -0.2) is 18.1 Å². The van der Waals surface area contributed by atoms with Gasteiger partial charge in [-0.05, 0) is 43.6 Å². The van der Waals surface area contributed by atoms with E-state index in [1.165, 1.54) is 11.1 Å². The molecule has 0 saturated heterocycles. The smallest absolute Gasteiger partial charge is 0.141 e. The van der Waals surface area contributed by atoms with Gasteiger partial charge in [0.2, 0.25) is 0 Å². The summed E-state index contributed by atoms with van der Waals surface area (Å²) >= 11 is 6.32. The number of hydrogen-bond acceptors (Lipinski definition) is 3. The van der Waals surface area contributed by atoms with Crippen LogP contribution in [-0.2, 0) is 19.4 Å². The van der Waals surface area contributed by atoms with Gasteiger partial charge in [-0.2, -0.15) is 0 Å². The minimum absolute atomic E-state index is 0.497. The second-order valence-electron chi connectivity index (χ2n) is 4.91. The number of aromatic nitrogens is 1. The number of fused-ring (bicyclic) bond motifs is 1. The zero-order valence-electron chi connectivity index (χ0n) is 11.2. The molecule has 1 aromatic heterocycles. The van der Waals surface area contributed by atoms with Crippen LogP contribution < -0.4 is 10.1 Å². The van der Waals surface area contributed by atoms with Gasteiger partial charge in [-0.25, -0.2) is 0 Å². The van der Waals surface area contributed by atoms with Crippen molar-refractivity contribution >= 4 is 11.6 Å². The van der Waals surface area contributed by atoms with E-state index in [-0.39, 0.29) is 0 Å². The molecular weight excluding hydrogens is 272 g/mol. The Labute approximate surface area is 123 Å². The van der Waals surface area contributed by atoms with Gasteiger partial charge in [-0.1, -0.05) is 23.7 Å². The van der Waals surface area contributed by atoms with Crippen LogP contribution in [0.4, 0.5) is 0 Å². The van der Waals surface area contributed by atoms with E-state index in [2.05, 4.69) is 16.4 Å². The summed E-state index contributed by atoms with van der Waals surface area (Å²) in [6.07, 6.45) is 5.56. The van der Waals surface area contributed by atoms with Crippen LogP contribution in [0.5, 0.6) is 5.75 Å². The maximum absolute atomic E-state index is 6.32. The van der Waals surface area contributed by atoms with E-state index in [1.54, 1.807) is 6.20 Å². The fraction of sp³-hybridized carbons (Fsp3) is 0.312. The van der Waals surface area contributed by atoms with Gasteiger partial charge in [0.05, 0.1) is 5.02 Å². The SMILES string of the molecule is Clc1ccc2c(c1OCc1cccnc1)CCNCC2. The van der Waals surface area contributed by atoms with Crippen LogP contribution in [0.3, 0.4) is 0 Å². The lowest BCUT2D eigenvalue weighted by atomic mass is 10.0.